The van der Waals surface area contributed by atoms with Crippen LogP contribution in [-0.4, -0.2) is 35.3 Å². The fourth-order valence-corrected chi connectivity index (χ4v) is 3.58. The molecule has 4 nitrogen and oxygen atoms in total. The standard InChI is InChI=1S/C18H24N2O2/c1-12-5-6-13(9-14(12)17(2,3)4)16(22)20-10-18(11-20)8-7-15(21)19-18/h5-6,9H,7-8,10-11H2,1-4H3,(H,19,21). The van der Waals surface area contributed by atoms with Gasteiger partial charge in [-0.2, -0.15) is 0 Å². The lowest BCUT2D eigenvalue weighted by Gasteiger charge is -2.47. The molecule has 0 bridgehead atoms. The van der Waals surface area contributed by atoms with Crippen molar-refractivity contribution in [1.29, 1.82) is 0 Å². The molecular weight excluding hydrogens is 276 g/mol. The molecule has 2 saturated heterocycles. The van der Waals surface area contributed by atoms with Crippen LogP contribution in [0.5, 0.6) is 0 Å². The van der Waals surface area contributed by atoms with Crippen LogP contribution in [0.3, 0.4) is 0 Å². The van der Waals surface area contributed by atoms with Crippen LogP contribution in [0.15, 0.2) is 18.2 Å². The van der Waals surface area contributed by atoms with Gasteiger partial charge in [0.1, 0.15) is 0 Å². The van der Waals surface area contributed by atoms with E-state index in [1.54, 1.807) is 0 Å². The van der Waals surface area contributed by atoms with Crippen LogP contribution in [0.25, 0.3) is 0 Å². The third kappa shape index (κ3) is 2.51. The Morgan fingerprint density at radius 2 is 1.95 bits per heavy atom. The van der Waals surface area contributed by atoms with Crippen LogP contribution in [0.2, 0.25) is 0 Å². The van der Waals surface area contributed by atoms with Crippen LogP contribution in [0.1, 0.15) is 55.1 Å². The maximum atomic E-state index is 12.7. The zero-order chi connectivity index (χ0) is 16.1. The smallest absolute Gasteiger partial charge is 0.254 e. The number of amides is 2. The van der Waals surface area contributed by atoms with E-state index in [-0.39, 0.29) is 22.8 Å². The van der Waals surface area contributed by atoms with Crippen LogP contribution in [-0.2, 0) is 10.2 Å². The number of hydrogen-bond donors (Lipinski definition) is 1. The number of hydrogen-bond acceptors (Lipinski definition) is 2. The molecule has 1 spiro atoms. The molecule has 1 N–H and O–H groups in total. The van der Waals surface area contributed by atoms with E-state index in [2.05, 4.69) is 33.0 Å². The monoisotopic (exact) mass is 300 g/mol. The molecule has 0 aliphatic carbocycles. The summed E-state index contributed by atoms with van der Waals surface area (Å²) < 4.78 is 0. The van der Waals surface area contributed by atoms with E-state index >= 15 is 0 Å². The molecule has 1 aromatic carbocycles. The van der Waals surface area contributed by atoms with Crippen LogP contribution in [0, 0.1) is 6.92 Å². The Morgan fingerprint density at radius 1 is 1.27 bits per heavy atom. The van der Waals surface area contributed by atoms with Gasteiger partial charge in [-0.1, -0.05) is 26.8 Å². The van der Waals surface area contributed by atoms with E-state index in [0.717, 1.165) is 12.0 Å². The second-order valence-corrected chi connectivity index (χ2v) is 7.77. The van der Waals surface area contributed by atoms with Crippen molar-refractivity contribution >= 4 is 11.8 Å². The van der Waals surface area contributed by atoms with Gasteiger partial charge in [0.25, 0.3) is 5.91 Å². The number of benzene rings is 1. The highest BCUT2D eigenvalue weighted by atomic mass is 16.2. The lowest BCUT2D eigenvalue weighted by atomic mass is 9.82. The number of carbonyl (C=O) groups excluding carboxylic acids is 2. The van der Waals surface area contributed by atoms with Gasteiger partial charge < -0.3 is 10.2 Å². The maximum Gasteiger partial charge on any atom is 0.254 e. The zero-order valence-electron chi connectivity index (χ0n) is 13.8. The van der Waals surface area contributed by atoms with Crippen molar-refractivity contribution in [2.24, 2.45) is 0 Å². The average molecular weight is 300 g/mol. The molecule has 4 heteroatoms. The minimum absolute atomic E-state index is 0.0238. The molecule has 0 unspecified atom stereocenters. The summed E-state index contributed by atoms with van der Waals surface area (Å²) in [5.41, 5.74) is 3.05. The molecule has 3 rings (SSSR count). The average Bonchev–Trinajstić information content (AvgIpc) is 2.78. The molecule has 2 aliphatic rings. The highest BCUT2D eigenvalue weighted by Gasteiger charge is 2.49. The number of likely N-dealkylation sites (tertiary alicyclic amines) is 1. The second-order valence-electron chi connectivity index (χ2n) is 7.77. The number of nitrogens with zero attached hydrogens (tertiary/aromatic N) is 1. The van der Waals surface area contributed by atoms with Crippen molar-refractivity contribution in [1.82, 2.24) is 10.2 Å². The summed E-state index contributed by atoms with van der Waals surface area (Å²) in [4.78, 5) is 25.9. The van der Waals surface area contributed by atoms with Crippen molar-refractivity contribution in [2.45, 2.75) is 51.5 Å². The first kappa shape index (κ1) is 15.1. The van der Waals surface area contributed by atoms with Gasteiger partial charge in [-0.05, 0) is 42.0 Å². The van der Waals surface area contributed by atoms with Crippen molar-refractivity contribution < 1.29 is 9.59 Å². The summed E-state index contributed by atoms with van der Waals surface area (Å²) in [5, 5.41) is 3.01. The van der Waals surface area contributed by atoms with E-state index < -0.39 is 0 Å². The second kappa shape index (κ2) is 4.83. The molecule has 0 radical (unpaired) electrons. The quantitative estimate of drug-likeness (QED) is 0.866. The highest BCUT2D eigenvalue weighted by molar-refractivity contribution is 5.95. The molecule has 1 aromatic rings. The molecule has 2 amide bonds. The molecule has 2 aliphatic heterocycles. The van der Waals surface area contributed by atoms with Crippen molar-refractivity contribution in [3.63, 3.8) is 0 Å². The summed E-state index contributed by atoms with van der Waals surface area (Å²) in [7, 11) is 0. The van der Waals surface area contributed by atoms with Crippen LogP contribution >= 0.6 is 0 Å². The minimum Gasteiger partial charge on any atom is -0.347 e. The molecular formula is C18H24N2O2. The van der Waals surface area contributed by atoms with Gasteiger partial charge in [0.05, 0.1) is 5.54 Å². The molecule has 2 heterocycles. The number of nitrogens with one attached hydrogen (secondary N) is 1. The fourth-order valence-electron chi connectivity index (χ4n) is 3.58. The Labute approximate surface area is 131 Å². The third-order valence-electron chi connectivity index (χ3n) is 4.80. The first-order valence-corrected chi connectivity index (χ1v) is 7.92. The SMILES string of the molecule is Cc1ccc(C(=O)N2CC3(CCC(=O)N3)C2)cc1C(C)(C)C. The Bertz CT molecular complexity index is 637. The summed E-state index contributed by atoms with van der Waals surface area (Å²) in [6, 6.07) is 5.96. The normalized spacial score (nSPS) is 20.0. The van der Waals surface area contributed by atoms with Gasteiger partial charge in [-0.25, -0.2) is 0 Å². The summed E-state index contributed by atoms with van der Waals surface area (Å²) in [6.07, 6.45) is 1.43. The molecule has 0 saturated carbocycles. The Hall–Kier alpha value is -1.84. The largest absolute Gasteiger partial charge is 0.347 e. The number of carbonyl (C=O) groups is 2. The molecule has 118 valence electrons. The topological polar surface area (TPSA) is 49.4 Å². The molecule has 2 fully saturated rings. The molecule has 22 heavy (non-hydrogen) atoms. The summed E-state index contributed by atoms with van der Waals surface area (Å²) in [5.74, 6) is 0.176. The van der Waals surface area contributed by atoms with Gasteiger partial charge in [-0.3, -0.25) is 9.59 Å². The van der Waals surface area contributed by atoms with Crippen LogP contribution in [0.4, 0.5) is 0 Å². The lowest BCUT2D eigenvalue weighted by Crippen LogP contribution is -2.68. The van der Waals surface area contributed by atoms with Crippen LogP contribution < -0.4 is 5.32 Å². The molecule has 0 atom stereocenters. The van der Waals surface area contributed by atoms with E-state index in [1.165, 1.54) is 11.1 Å². The Morgan fingerprint density at radius 3 is 2.50 bits per heavy atom. The van der Waals surface area contributed by atoms with Crippen molar-refractivity contribution in [3.05, 3.63) is 34.9 Å². The van der Waals surface area contributed by atoms with Gasteiger partial charge in [0.15, 0.2) is 0 Å². The summed E-state index contributed by atoms with van der Waals surface area (Å²) in [6.45, 7) is 9.84. The zero-order valence-corrected chi connectivity index (χ0v) is 13.8. The molecule has 0 aromatic heterocycles. The maximum absolute atomic E-state index is 12.7. The first-order valence-electron chi connectivity index (χ1n) is 7.92. The number of rotatable bonds is 1. The van der Waals surface area contributed by atoms with E-state index in [0.29, 0.717) is 19.5 Å². The van der Waals surface area contributed by atoms with Gasteiger partial charge in [0.2, 0.25) is 5.91 Å². The Balaban J connectivity index is 1.76. The lowest BCUT2D eigenvalue weighted by molar-refractivity contribution is -0.120. The number of aryl methyl sites for hydroxylation is 1. The first-order chi connectivity index (χ1) is 10.2. The highest BCUT2D eigenvalue weighted by Crippen LogP contribution is 2.32. The van der Waals surface area contributed by atoms with Crippen molar-refractivity contribution in [2.75, 3.05) is 13.1 Å². The van der Waals surface area contributed by atoms with Crippen molar-refractivity contribution in [3.8, 4) is 0 Å². The van der Waals surface area contributed by atoms with Gasteiger partial charge in [-0.15, -0.1) is 0 Å². The van der Waals surface area contributed by atoms with E-state index in [4.69, 9.17) is 0 Å². The Kier molecular flexibility index (Phi) is 3.31. The predicted molar refractivity (Wildman–Crippen MR) is 85.9 cm³/mol. The van der Waals surface area contributed by atoms with E-state index in [9.17, 15) is 9.59 Å². The van der Waals surface area contributed by atoms with Gasteiger partial charge >= 0.3 is 0 Å². The van der Waals surface area contributed by atoms with E-state index in [1.807, 2.05) is 23.1 Å². The summed E-state index contributed by atoms with van der Waals surface area (Å²) >= 11 is 0. The third-order valence-corrected chi connectivity index (χ3v) is 4.80. The predicted octanol–water partition coefficient (Wildman–Crippen LogP) is 2.40. The van der Waals surface area contributed by atoms with Gasteiger partial charge in [0, 0.05) is 25.1 Å². The minimum atomic E-state index is -0.149. The fraction of sp³-hybridized carbons (Fsp3) is 0.556.